The number of nitrogens with two attached hydrogens (primary N) is 1. The minimum atomic E-state index is -0.361. The zero-order valence-electron chi connectivity index (χ0n) is 21.1. The number of piperidine rings is 1. The molecule has 5 rings (SSSR count). The molecule has 1 fully saturated rings. The van der Waals surface area contributed by atoms with E-state index in [2.05, 4.69) is 59.0 Å². The molecule has 0 aliphatic carbocycles. The standard InChI is InChI=1S/C30H33N5O/c1-3-22-23(4-2)25(30(31)36)11-10-24(22)28(26-9-5-7-21-8-6-14-34-29(21)26)20-12-17-35(18-13-20)19-27-32-15-16-33-27/h5-11,14-16H,3-4,12-13,17-19H2,1-2H3,(H2,31,36)(H,32,33). The lowest BCUT2D eigenvalue weighted by atomic mass is 9.82. The Kier molecular flexibility index (Phi) is 6.96. The molecule has 6 nitrogen and oxygen atoms in total. The van der Waals surface area contributed by atoms with Gasteiger partial charge in [0.05, 0.1) is 12.1 Å². The highest BCUT2D eigenvalue weighted by Crippen LogP contribution is 2.38. The molecule has 0 radical (unpaired) electrons. The number of carbonyl (C=O) groups is 1. The maximum atomic E-state index is 12.2. The number of likely N-dealkylation sites (tertiary alicyclic amines) is 1. The molecule has 1 aliphatic heterocycles. The van der Waals surface area contributed by atoms with E-state index in [1.54, 1.807) is 0 Å². The van der Waals surface area contributed by atoms with Gasteiger partial charge in [-0.15, -0.1) is 0 Å². The number of primary amides is 1. The number of aromatic nitrogens is 3. The fourth-order valence-corrected chi connectivity index (χ4v) is 5.62. The number of carbonyl (C=O) groups excluding carboxylic acids is 1. The van der Waals surface area contributed by atoms with Crippen molar-refractivity contribution in [2.75, 3.05) is 13.1 Å². The van der Waals surface area contributed by atoms with Gasteiger partial charge in [0.15, 0.2) is 0 Å². The zero-order valence-corrected chi connectivity index (χ0v) is 21.1. The van der Waals surface area contributed by atoms with Crippen molar-refractivity contribution in [2.45, 2.75) is 46.1 Å². The summed E-state index contributed by atoms with van der Waals surface area (Å²) in [4.78, 5) is 27.1. The molecule has 6 heteroatoms. The number of nitrogens with one attached hydrogen (secondary N) is 1. The van der Waals surface area contributed by atoms with Crippen molar-refractivity contribution in [2.24, 2.45) is 5.73 Å². The Morgan fingerprint density at radius 2 is 1.64 bits per heavy atom. The van der Waals surface area contributed by atoms with Gasteiger partial charge in [0.25, 0.3) is 0 Å². The van der Waals surface area contributed by atoms with E-state index in [0.29, 0.717) is 5.56 Å². The number of fused-ring (bicyclic) bond motifs is 1. The van der Waals surface area contributed by atoms with E-state index in [0.717, 1.165) is 73.2 Å². The first-order valence-corrected chi connectivity index (χ1v) is 12.8. The topological polar surface area (TPSA) is 87.9 Å². The predicted octanol–water partition coefficient (Wildman–Crippen LogP) is 5.28. The SMILES string of the molecule is CCc1c(C(N)=O)ccc(C(=C2CCN(Cc3ncc[nH]3)CC2)c2cccc3cccnc23)c1CC. The summed E-state index contributed by atoms with van der Waals surface area (Å²) in [5.41, 5.74) is 14.7. The molecule has 2 aromatic carbocycles. The second-order valence-corrected chi connectivity index (χ2v) is 9.36. The largest absolute Gasteiger partial charge is 0.366 e. The minimum Gasteiger partial charge on any atom is -0.366 e. The normalized spacial score (nSPS) is 14.3. The van der Waals surface area contributed by atoms with Gasteiger partial charge in [-0.05, 0) is 60.1 Å². The summed E-state index contributed by atoms with van der Waals surface area (Å²) in [5, 5.41) is 1.13. The van der Waals surface area contributed by atoms with Gasteiger partial charge in [-0.25, -0.2) is 4.98 Å². The van der Waals surface area contributed by atoms with E-state index in [1.807, 2.05) is 30.7 Å². The van der Waals surface area contributed by atoms with Gasteiger partial charge in [0, 0.05) is 48.2 Å². The van der Waals surface area contributed by atoms with Gasteiger partial charge in [0.1, 0.15) is 5.82 Å². The van der Waals surface area contributed by atoms with Crippen LogP contribution in [0.5, 0.6) is 0 Å². The predicted molar refractivity (Wildman–Crippen MR) is 145 cm³/mol. The van der Waals surface area contributed by atoms with Crippen molar-refractivity contribution >= 4 is 22.4 Å². The third kappa shape index (κ3) is 4.56. The Labute approximate surface area is 212 Å². The van der Waals surface area contributed by atoms with Crippen LogP contribution in [0.1, 0.15) is 65.1 Å². The molecule has 0 spiro atoms. The van der Waals surface area contributed by atoms with Crippen LogP contribution in [0.25, 0.3) is 16.5 Å². The molecule has 2 aromatic heterocycles. The van der Waals surface area contributed by atoms with Crippen LogP contribution in [0.15, 0.2) is 66.6 Å². The van der Waals surface area contributed by atoms with Gasteiger partial charge in [-0.1, -0.05) is 49.8 Å². The van der Waals surface area contributed by atoms with Gasteiger partial charge < -0.3 is 10.7 Å². The number of hydrogen-bond acceptors (Lipinski definition) is 4. The van der Waals surface area contributed by atoms with Crippen molar-refractivity contribution in [1.29, 1.82) is 0 Å². The molecular weight excluding hydrogens is 446 g/mol. The Balaban J connectivity index is 1.66. The maximum absolute atomic E-state index is 12.2. The van der Waals surface area contributed by atoms with Crippen LogP contribution in [0.3, 0.4) is 0 Å². The summed E-state index contributed by atoms with van der Waals surface area (Å²) < 4.78 is 0. The highest BCUT2D eigenvalue weighted by atomic mass is 16.1. The fraction of sp³-hybridized carbons (Fsp3) is 0.300. The number of imidazole rings is 1. The van der Waals surface area contributed by atoms with Crippen LogP contribution in [0.2, 0.25) is 0 Å². The number of rotatable bonds is 7. The first kappa shape index (κ1) is 23.9. The zero-order chi connectivity index (χ0) is 25.1. The first-order valence-electron chi connectivity index (χ1n) is 12.8. The summed E-state index contributed by atoms with van der Waals surface area (Å²) in [7, 11) is 0. The third-order valence-corrected chi connectivity index (χ3v) is 7.32. The smallest absolute Gasteiger partial charge is 0.248 e. The molecule has 36 heavy (non-hydrogen) atoms. The average molecular weight is 480 g/mol. The van der Waals surface area contributed by atoms with Gasteiger partial charge in [-0.2, -0.15) is 0 Å². The van der Waals surface area contributed by atoms with Crippen LogP contribution in [0, 0.1) is 0 Å². The average Bonchev–Trinajstić information content (AvgIpc) is 3.42. The highest BCUT2D eigenvalue weighted by Gasteiger charge is 2.24. The molecule has 1 saturated heterocycles. The quantitative estimate of drug-likeness (QED) is 0.377. The number of pyridine rings is 1. The van der Waals surface area contributed by atoms with E-state index in [9.17, 15) is 4.79 Å². The van der Waals surface area contributed by atoms with Gasteiger partial charge in [-0.3, -0.25) is 14.7 Å². The molecule has 0 saturated carbocycles. The summed E-state index contributed by atoms with van der Waals surface area (Å²) >= 11 is 0. The second kappa shape index (κ2) is 10.5. The van der Waals surface area contributed by atoms with Crippen LogP contribution in [0.4, 0.5) is 0 Å². The van der Waals surface area contributed by atoms with E-state index in [1.165, 1.54) is 22.3 Å². The van der Waals surface area contributed by atoms with Crippen molar-refractivity contribution < 1.29 is 4.79 Å². The van der Waals surface area contributed by atoms with E-state index in [-0.39, 0.29) is 5.91 Å². The number of H-pyrrole nitrogens is 1. The summed E-state index contributed by atoms with van der Waals surface area (Å²) in [6.07, 6.45) is 9.10. The summed E-state index contributed by atoms with van der Waals surface area (Å²) in [6, 6.07) is 14.6. The highest BCUT2D eigenvalue weighted by molar-refractivity contribution is 5.99. The number of nitrogens with zero attached hydrogens (tertiary/aromatic N) is 3. The molecule has 184 valence electrons. The number of amides is 1. The van der Waals surface area contributed by atoms with E-state index < -0.39 is 0 Å². The molecule has 1 aliphatic rings. The van der Waals surface area contributed by atoms with Gasteiger partial charge >= 0.3 is 0 Å². The number of hydrogen-bond donors (Lipinski definition) is 2. The third-order valence-electron chi connectivity index (χ3n) is 7.32. The van der Waals surface area contributed by atoms with Crippen molar-refractivity contribution in [1.82, 2.24) is 19.9 Å². The number of para-hydroxylation sites is 1. The van der Waals surface area contributed by atoms with Crippen LogP contribution in [-0.2, 0) is 19.4 Å². The lowest BCUT2D eigenvalue weighted by Gasteiger charge is -2.30. The molecule has 4 aromatic rings. The molecule has 3 heterocycles. The van der Waals surface area contributed by atoms with Crippen molar-refractivity contribution in [3.05, 3.63) is 100 Å². The van der Waals surface area contributed by atoms with Crippen LogP contribution >= 0.6 is 0 Å². The van der Waals surface area contributed by atoms with Crippen LogP contribution < -0.4 is 5.73 Å². The van der Waals surface area contributed by atoms with E-state index in [4.69, 9.17) is 10.7 Å². The summed E-state index contributed by atoms with van der Waals surface area (Å²) in [5.74, 6) is 0.643. The minimum absolute atomic E-state index is 0.361. The number of aromatic amines is 1. The van der Waals surface area contributed by atoms with Gasteiger partial charge in [0.2, 0.25) is 5.91 Å². The molecular formula is C30H33N5O. The molecule has 0 bridgehead atoms. The monoisotopic (exact) mass is 479 g/mol. The maximum Gasteiger partial charge on any atom is 0.248 e. The Morgan fingerprint density at radius 3 is 2.33 bits per heavy atom. The Hall–Kier alpha value is -3.77. The fourth-order valence-electron chi connectivity index (χ4n) is 5.62. The molecule has 0 atom stereocenters. The van der Waals surface area contributed by atoms with E-state index >= 15 is 0 Å². The lowest BCUT2D eigenvalue weighted by Crippen LogP contribution is -2.31. The Morgan fingerprint density at radius 1 is 0.917 bits per heavy atom. The lowest BCUT2D eigenvalue weighted by molar-refractivity contribution is 0.0999. The molecule has 1 amide bonds. The first-order chi connectivity index (χ1) is 17.6. The number of benzene rings is 2. The van der Waals surface area contributed by atoms with Crippen molar-refractivity contribution in [3.8, 4) is 0 Å². The molecule has 3 N–H and O–H groups in total. The summed E-state index contributed by atoms with van der Waals surface area (Å²) in [6.45, 7) is 7.04. The van der Waals surface area contributed by atoms with Crippen LogP contribution in [-0.4, -0.2) is 38.8 Å². The molecule has 0 unspecified atom stereocenters. The van der Waals surface area contributed by atoms with Crippen molar-refractivity contribution in [3.63, 3.8) is 0 Å². The second-order valence-electron chi connectivity index (χ2n) is 9.36. The Bertz CT molecular complexity index is 1410.